The summed E-state index contributed by atoms with van der Waals surface area (Å²) in [6.45, 7) is 9.00. The van der Waals surface area contributed by atoms with Crippen molar-refractivity contribution in [3.63, 3.8) is 0 Å². The van der Waals surface area contributed by atoms with Gasteiger partial charge in [0, 0.05) is 18.7 Å². The highest BCUT2D eigenvalue weighted by Crippen LogP contribution is 2.14. The summed E-state index contributed by atoms with van der Waals surface area (Å²) in [6.07, 6.45) is 0. The van der Waals surface area contributed by atoms with E-state index < -0.39 is 5.97 Å². The number of carboxylic acid groups (broad SMARTS) is 1. The van der Waals surface area contributed by atoms with Crippen LogP contribution in [0.2, 0.25) is 0 Å². The molecular formula is C14H22N2O4. The zero-order chi connectivity index (χ0) is 15.3. The zero-order valence-corrected chi connectivity index (χ0v) is 12.4. The molecule has 1 rings (SSSR count). The van der Waals surface area contributed by atoms with E-state index in [-0.39, 0.29) is 17.7 Å². The van der Waals surface area contributed by atoms with Gasteiger partial charge in [0.05, 0.1) is 12.6 Å². The molecule has 20 heavy (non-hydrogen) atoms. The molecule has 0 spiro atoms. The van der Waals surface area contributed by atoms with Gasteiger partial charge in [0.1, 0.15) is 5.76 Å². The molecule has 1 aromatic heterocycles. The van der Waals surface area contributed by atoms with Crippen molar-refractivity contribution in [3.8, 4) is 0 Å². The van der Waals surface area contributed by atoms with Crippen LogP contribution in [-0.4, -0.2) is 41.0 Å². The first kappa shape index (κ1) is 16.2. The maximum Gasteiger partial charge on any atom is 0.372 e. The molecule has 6 heteroatoms. The molecule has 0 saturated carbocycles. The zero-order valence-electron chi connectivity index (χ0n) is 12.4. The van der Waals surface area contributed by atoms with Crippen LogP contribution in [0.4, 0.5) is 0 Å². The third-order valence-corrected chi connectivity index (χ3v) is 3.19. The first-order chi connectivity index (χ1) is 9.40. The molecule has 1 unspecified atom stereocenters. The van der Waals surface area contributed by atoms with Gasteiger partial charge in [-0.05, 0) is 33.8 Å². The summed E-state index contributed by atoms with van der Waals surface area (Å²) in [5, 5.41) is 12.0. The molecule has 0 saturated heterocycles. The second-order valence-electron chi connectivity index (χ2n) is 4.64. The van der Waals surface area contributed by atoms with E-state index in [9.17, 15) is 9.59 Å². The van der Waals surface area contributed by atoms with Gasteiger partial charge >= 0.3 is 5.97 Å². The number of nitrogens with one attached hydrogen (secondary N) is 1. The Kier molecular flexibility index (Phi) is 5.76. The van der Waals surface area contributed by atoms with Crippen LogP contribution in [0.1, 0.15) is 42.6 Å². The molecule has 112 valence electrons. The van der Waals surface area contributed by atoms with E-state index in [1.54, 1.807) is 24.8 Å². The number of amides is 1. The topological polar surface area (TPSA) is 82.8 Å². The number of carboxylic acids is 1. The summed E-state index contributed by atoms with van der Waals surface area (Å²) in [5.41, 5.74) is 0.581. The lowest BCUT2D eigenvalue weighted by Gasteiger charge is -2.23. The first-order valence-corrected chi connectivity index (χ1v) is 6.75. The number of furan rings is 1. The van der Waals surface area contributed by atoms with E-state index >= 15 is 0 Å². The van der Waals surface area contributed by atoms with E-state index in [2.05, 4.69) is 5.32 Å². The van der Waals surface area contributed by atoms with Crippen molar-refractivity contribution in [2.75, 3.05) is 13.1 Å². The molecule has 1 heterocycles. The van der Waals surface area contributed by atoms with E-state index in [0.717, 1.165) is 0 Å². The van der Waals surface area contributed by atoms with Crippen LogP contribution in [0.15, 0.2) is 10.5 Å². The Bertz CT molecular complexity index is 478. The summed E-state index contributed by atoms with van der Waals surface area (Å²) in [4.78, 5) is 24.7. The molecule has 0 aliphatic heterocycles. The SMILES string of the molecule is CCN(CC)C(=O)C(C)NCc1cc(C)c(C(=O)O)o1. The normalized spacial score (nSPS) is 12.2. The van der Waals surface area contributed by atoms with Crippen molar-refractivity contribution >= 4 is 11.9 Å². The molecule has 2 N–H and O–H groups in total. The number of hydrogen-bond donors (Lipinski definition) is 2. The Morgan fingerprint density at radius 2 is 2.00 bits per heavy atom. The summed E-state index contributed by atoms with van der Waals surface area (Å²) in [7, 11) is 0. The van der Waals surface area contributed by atoms with Crippen LogP contribution in [0.3, 0.4) is 0 Å². The molecule has 0 aromatic carbocycles. The number of carbonyl (C=O) groups excluding carboxylic acids is 1. The molecule has 0 bridgehead atoms. The Labute approximate surface area is 118 Å². The Balaban J connectivity index is 2.61. The van der Waals surface area contributed by atoms with Crippen LogP contribution in [0.25, 0.3) is 0 Å². The molecule has 0 aliphatic rings. The van der Waals surface area contributed by atoms with Gasteiger partial charge in [0.25, 0.3) is 0 Å². The Morgan fingerprint density at radius 3 is 2.45 bits per heavy atom. The molecule has 1 aromatic rings. The summed E-state index contributed by atoms with van der Waals surface area (Å²) >= 11 is 0. The van der Waals surface area contributed by atoms with Crippen LogP contribution in [0, 0.1) is 6.92 Å². The van der Waals surface area contributed by atoms with Gasteiger partial charge in [0.2, 0.25) is 11.7 Å². The lowest BCUT2D eigenvalue weighted by molar-refractivity contribution is -0.132. The fourth-order valence-electron chi connectivity index (χ4n) is 2.00. The van der Waals surface area contributed by atoms with Crippen LogP contribution < -0.4 is 5.32 Å². The van der Waals surface area contributed by atoms with E-state index in [1.807, 2.05) is 13.8 Å². The number of nitrogens with zero attached hydrogens (tertiary/aromatic N) is 1. The molecule has 1 atom stereocenters. The van der Waals surface area contributed by atoms with Gasteiger partial charge in [-0.2, -0.15) is 0 Å². The number of carbonyl (C=O) groups is 2. The minimum absolute atomic E-state index is 0.0248. The minimum Gasteiger partial charge on any atom is -0.475 e. The predicted molar refractivity (Wildman–Crippen MR) is 74.6 cm³/mol. The Morgan fingerprint density at radius 1 is 1.40 bits per heavy atom. The summed E-state index contributed by atoms with van der Waals surface area (Å²) in [6, 6.07) is 1.33. The minimum atomic E-state index is -1.08. The van der Waals surface area contributed by atoms with Crippen LogP contribution >= 0.6 is 0 Å². The first-order valence-electron chi connectivity index (χ1n) is 6.75. The average molecular weight is 282 g/mol. The standard InChI is InChI=1S/C14H22N2O4/c1-5-16(6-2)13(17)10(4)15-8-11-7-9(3)12(20-11)14(18)19/h7,10,15H,5-6,8H2,1-4H3,(H,18,19). The molecule has 0 aliphatic carbocycles. The maximum absolute atomic E-state index is 12.0. The largest absolute Gasteiger partial charge is 0.475 e. The van der Waals surface area contributed by atoms with Gasteiger partial charge in [-0.3, -0.25) is 10.1 Å². The van der Waals surface area contributed by atoms with E-state index in [4.69, 9.17) is 9.52 Å². The highest BCUT2D eigenvalue weighted by atomic mass is 16.4. The lowest BCUT2D eigenvalue weighted by Crippen LogP contribution is -2.44. The Hall–Kier alpha value is -1.82. The van der Waals surface area contributed by atoms with Crippen molar-refractivity contribution in [1.82, 2.24) is 10.2 Å². The average Bonchev–Trinajstić information content (AvgIpc) is 2.78. The van der Waals surface area contributed by atoms with Crippen molar-refractivity contribution in [1.29, 1.82) is 0 Å². The van der Waals surface area contributed by atoms with Crippen LogP contribution in [-0.2, 0) is 11.3 Å². The predicted octanol–water partition coefficient (Wildman–Crippen LogP) is 1.63. The number of aryl methyl sites for hydroxylation is 1. The van der Waals surface area contributed by atoms with Gasteiger partial charge < -0.3 is 14.4 Å². The van der Waals surface area contributed by atoms with Crippen molar-refractivity contribution < 1.29 is 19.1 Å². The number of likely N-dealkylation sites (N-methyl/N-ethyl adjacent to an activating group) is 1. The number of aromatic carboxylic acids is 1. The second kappa shape index (κ2) is 7.09. The fourth-order valence-corrected chi connectivity index (χ4v) is 2.00. The number of hydrogen-bond acceptors (Lipinski definition) is 4. The third kappa shape index (κ3) is 3.84. The smallest absolute Gasteiger partial charge is 0.372 e. The van der Waals surface area contributed by atoms with Crippen molar-refractivity contribution in [2.24, 2.45) is 0 Å². The van der Waals surface area contributed by atoms with Crippen LogP contribution in [0.5, 0.6) is 0 Å². The highest BCUT2D eigenvalue weighted by Gasteiger charge is 2.19. The van der Waals surface area contributed by atoms with Crippen molar-refractivity contribution in [2.45, 2.75) is 40.3 Å². The molecule has 6 nitrogen and oxygen atoms in total. The summed E-state index contributed by atoms with van der Waals surface area (Å²) in [5.74, 6) is -0.596. The fraction of sp³-hybridized carbons (Fsp3) is 0.571. The lowest BCUT2D eigenvalue weighted by atomic mass is 10.2. The van der Waals surface area contributed by atoms with Gasteiger partial charge in [0.15, 0.2) is 0 Å². The van der Waals surface area contributed by atoms with Gasteiger partial charge in [-0.1, -0.05) is 0 Å². The second-order valence-corrected chi connectivity index (χ2v) is 4.64. The van der Waals surface area contributed by atoms with Gasteiger partial charge in [-0.25, -0.2) is 4.79 Å². The maximum atomic E-state index is 12.0. The highest BCUT2D eigenvalue weighted by molar-refractivity contribution is 5.86. The van der Waals surface area contributed by atoms with Gasteiger partial charge in [-0.15, -0.1) is 0 Å². The molecule has 1 amide bonds. The molecule has 0 radical (unpaired) electrons. The van der Waals surface area contributed by atoms with Crippen molar-refractivity contribution in [3.05, 3.63) is 23.2 Å². The summed E-state index contributed by atoms with van der Waals surface area (Å²) < 4.78 is 5.23. The number of rotatable bonds is 7. The molecule has 0 fully saturated rings. The molecular weight excluding hydrogens is 260 g/mol. The quantitative estimate of drug-likeness (QED) is 0.794. The third-order valence-electron chi connectivity index (χ3n) is 3.19. The van der Waals surface area contributed by atoms with E-state index in [1.165, 1.54) is 0 Å². The monoisotopic (exact) mass is 282 g/mol. The van der Waals surface area contributed by atoms with E-state index in [0.29, 0.717) is 31.0 Å².